The first-order chi connectivity index (χ1) is 13.7. The predicted molar refractivity (Wildman–Crippen MR) is 105 cm³/mol. The minimum atomic E-state index is -1.12. The number of rotatable bonds is 5. The molecule has 0 heterocycles. The van der Waals surface area contributed by atoms with Gasteiger partial charge in [-0.05, 0) is 56.4 Å². The van der Waals surface area contributed by atoms with Gasteiger partial charge in [0.25, 0.3) is 11.8 Å². The van der Waals surface area contributed by atoms with Gasteiger partial charge in [-0.15, -0.1) is 0 Å². The molecule has 1 fully saturated rings. The highest BCUT2D eigenvalue weighted by molar-refractivity contribution is 5.97. The predicted octanol–water partition coefficient (Wildman–Crippen LogP) is -0.628. The van der Waals surface area contributed by atoms with Gasteiger partial charge in [0.05, 0.1) is 6.10 Å². The molecule has 2 rings (SSSR count). The third kappa shape index (κ3) is 5.80. The number of carbonyl (C=O) groups is 2. The Bertz CT molecular complexity index is 868. The quantitative estimate of drug-likeness (QED) is 0.221. The number of benzene rings is 1. The molecule has 7 N–H and O–H groups in total. The molecule has 4 atom stereocenters. The van der Waals surface area contributed by atoms with Gasteiger partial charge in [0, 0.05) is 35.1 Å². The molecule has 0 bridgehead atoms. The SMILES string of the molecule is CC(C)(N)[C@H](NC(=O)c1ccc(C#CC#CC2C[C@H](O)[C@@H]2CO)cc1)C(=O)NO. The molecule has 0 saturated heterocycles. The van der Waals surface area contributed by atoms with Crippen molar-refractivity contribution in [1.29, 1.82) is 0 Å². The van der Waals surface area contributed by atoms with Gasteiger partial charge in [-0.2, -0.15) is 0 Å². The van der Waals surface area contributed by atoms with E-state index >= 15 is 0 Å². The van der Waals surface area contributed by atoms with Crippen molar-refractivity contribution in [2.75, 3.05) is 6.61 Å². The fraction of sp³-hybridized carbons (Fsp3) is 0.429. The molecular weight excluding hydrogens is 374 g/mol. The van der Waals surface area contributed by atoms with Crippen LogP contribution in [0.5, 0.6) is 0 Å². The molecule has 1 aliphatic carbocycles. The average Bonchev–Trinajstić information content (AvgIpc) is 2.67. The first-order valence-corrected chi connectivity index (χ1v) is 9.11. The highest BCUT2D eigenvalue weighted by atomic mass is 16.5. The Balaban J connectivity index is 2.00. The first kappa shape index (κ1) is 22.4. The lowest BCUT2D eigenvalue weighted by Crippen LogP contribution is -2.61. The summed E-state index contributed by atoms with van der Waals surface area (Å²) < 4.78 is 0. The van der Waals surface area contributed by atoms with E-state index in [1.807, 2.05) is 0 Å². The van der Waals surface area contributed by atoms with Crippen LogP contribution in [0, 0.1) is 35.5 Å². The van der Waals surface area contributed by atoms with Gasteiger partial charge < -0.3 is 21.3 Å². The van der Waals surface area contributed by atoms with Gasteiger partial charge in [0.1, 0.15) is 6.04 Å². The van der Waals surface area contributed by atoms with Crippen LogP contribution >= 0.6 is 0 Å². The largest absolute Gasteiger partial charge is 0.396 e. The number of aliphatic hydroxyl groups is 2. The zero-order valence-corrected chi connectivity index (χ0v) is 16.3. The van der Waals surface area contributed by atoms with Crippen molar-refractivity contribution in [1.82, 2.24) is 10.8 Å². The number of aliphatic hydroxyl groups excluding tert-OH is 2. The molecule has 1 aromatic carbocycles. The minimum Gasteiger partial charge on any atom is -0.396 e. The fourth-order valence-corrected chi connectivity index (χ4v) is 2.90. The Hall–Kier alpha value is -2.88. The van der Waals surface area contributed by atoms with Crippen molar-refractivity contribution in [3.63, 3.8) is 0 Å². The molecule has 1 saturated carbocycles. The molecular formula is C21H25N3O5. The lowest BCUT2D eigenvalue weighted by atomic mass is 9.72. The summed E-state index contributed by atoms with van der Waals surface area (Å²) in [5, 5.41) is 30.0. The topological polar surface area (TPSA) is 145 Å². The van der Waals surface area contributed by atoms with Crippen LogP contribution in [0.2, 0.25) is 0 Å². The van der Waals surface area contributed by atoms with Gasteiger partial charge >= 0.3 is 0 Å². The Kier molecular flexibility index (Phi) is 7.38. The van der Waals surface area contributed by atoms with E-state index in [0.29, 0.717) is 17.5 Å². The van der Waals surface area contributed by atoms with E-state index in [2.05, 4.69) is 29.0 Å². The van der Waals surface area contributed by atoms with E-state index in [1.54, 1.807) is 38.1 Å². The summed E-state index contributed by atoms with van der Waals surface area (Å²) >= 11 is 0. The van der Waals surface area contributed by atoms with Crippen LogP contribution in [-0.2, 0) is 4.79 Å². The minimum absolute atomic E-state index is 0.0498. The lowest BCUT2D eigenvalue weighted by Gasteiger charge is -2.37. The van der Waals surface area contributed by atoms with Crippen molar-refractivity contribution >= 4 is 11.8 Å². The first-order valence-electron chi connectivity index (χ1n) is 9.11. The Morgan fingerprint density at radius 2 is 1.93 bits per heavy atom. The number of nitrogens with one attached hydrogen (secondary N) is 2. The number of amides is 2. The van der Waals surface area contributed by atoms with E-state index in [9.17, 15) is 14.7 Å². The zero-order chi connectivity index (χ0) is 21.6. The Morgan fingerprint density at radius 1 is 1.28 bits per heavy atom. The van der Waals surface area contributed by atoms with Gasteiger partial charge in [-0.3, -0.25) is 14.8 Å². The fourth-order valence-electron chi connectivity index (χ4n) is 2.90. The summed E-state index contributed by atoms with van der Waals surface area (Å²) in [4.78, 5) is 24.1. The number of carbonyl (C=O) groups excluding carboxylic acids is 2. The normalized spacial score (nSPS) is 21.4. The third-order valence-electron chi connectivity index (χ3n) is 4.78. The van der Waals surface area contributed by atoms with Crippen LogP contribution in [0.25, 0.3) is 0 Å². The molecule has 0 aromatic heterocycles. The molecule has 0 spiro atoms. The summed E-state index contributed by atoms with van der Waals surface area (Å²) in [6, 6.07) is 5.26. The van der Waals surface area contributed by atoms with E-state index in [0.717, 1.165) is 0 Å². The molecule has 2 amide bonds. The van der Waals surface area contributed by atoms with Gasteiger partial charge in [-0.1, -0.05) is 11.8 Å². The molecule has 1 aliphatic rings. The van der Waals surface area contributed by atoms with Gasteiger partial charge in [-0.25, -0.2) is 5.48 Å². The molecule has 8 heteroatoms. The molecule has 29 heavy (non-hydrogen) atoms. The highest BCUT2D eigenvalue weighted by Crippen LogP contribution is 2.33. The van der Waals surface area contributed by atoms with Crippen LogP contribution < -0.4 is 16.5 Å². The number of nitrogens with two attached hydrogens (primary N) is 1. The van der Waals surface area contributed by atoms with Gasteiger partial charge in [0.2, 0.25) is 0 Å². The number of hydrogen-bond donors (Lipinski definition) is 6. The molecule has 154 valence electrons. The Morgan fingerprint density at radius 3 is 2.45 bits per heavy atom. The molecule has 0 aliphatic heterocycles. The van der Waals surface area contributed by atoms with Crippen molar-refractivity contribution in [3.05, 3.63) is 35.4 Å². The third-order valence-corrected chi connectivity index (χ3v) is 4.78. The number of hydrogen-bond acceptors (Lipinski definition) is 6. The van der Waals surface area contributed by atoms with Crippen molar-refractivity contribution in [3.8, 4) is 23.7 Å². The van der Waals surface area contributed by atoms with Gasteiger partial charge in [0.15, 0.2) is 0 Å². The molecule has 0 radical (unpaired) electrons. The highest BCUT2D eigenvalue weighted by Gasteiger charge is 2.38. The maximum absolute atomic E-state index is 12.4. The Labute approximate surface area is 169 Å². The summed E-state index contributed by atoms with van der Waals surface area (Å²) in [6.45, 7) is 3.01. The average molecular weight is 399 g/mol. The summed E-state index contributed by atoms with van der Waals surface area (Å²) in [5.74, 6) is 9.62. The van der Waals surface area contributed by atoms with Crippen LogP contribution in [0.3, 0.4) is 0 Å². The summed E-state index contributed by atoms with van der Waals surface area (Å²) in [6.07, 6.45) is 0.0392. The summed E-state index contributed by atoms with van der Waals surface area (Å²) in [7, 11) is 0. The van der Waals surface area contributed by atoms with E-state index < -0.39 is 29.5 Å². The molecule has 1 unspecified atom stereocenters. The molecule has 1 aromatic rings. The van der Waals surface area contributed by atoms with E-state index in [4.69, 9.17) is 16.0 Å². The smallest absolute Gasteiger partial charge is 0.267 e. The second-order valence-electron chi connectivity index (χ2n) is 7.56. The second-order valence-corrected chi connectivity index (χ2v) is 7.56. The van der Waals surface area contributed by atoms with Crippen LogP contribution in [0.1, 0.15) is 36.2 Å². The maximum atomic E-state index is 12.4. The van der Waals surface area contributed by atoms with Crippen molar-refractivity contribution in [2.24, 2.45) is 17.6 Å². The second kappa shape index (κ2) is 9.55. The monoisotopic (exact) mass is 399 g/mol. The van der Waals surface area contributed by atoms with Crippen LogP contribution in [0.4, 0.5) is 0 Å². The van der Waals surface area contributed by atoms with Crippen molar-refractivity contribution in [2.45, 2.75) is 38.0 Å². The van der Waals surface area contributed by atoms with Crippen LogP contribution in [0.15, 0.2) is 24.3 Å². The van der Waals surface area contributed by atoms with E-state index in [-0.39, 0.29) is 18.4 Å². The van der Waals surface area contributed by atoms with Crippen molar-refractivity contribution < 1.29 is 25.0 Å². The lowest BCUT2D eigenvalue weighted by molar-refractivity contribution is -0.132. The van der Waals surface area contributed by atoms with E-state index in [1.165, 1.54) is 5.48 Å². The van der Waals surface area contributed by atoms with Crippen LogP contribution in [-0.4, -0.2) is 51.5 Å². The number of hydroxylamine groups is 1. The molecule has 8 nitrogen and oxygen atoms in total. The zero-order valence-electron chi connectivity index (χ0n) is 16.3. The maximum Gasteiger partial charge on any atom is 0.267 e. The summed E-state index contributed by atoms with van der Waals surface area (Å²) in [5.41, 5.74) is 7.25. The standard InChI is InChI=1S/C21H25N3O5/c1-21(2,22)18(20(28)24-29)23-19(27)14-9-7-13(8-10-14)5-3-4-6-15-11-17(26)16(15)12-25/h7-10,15-18,25-26,29H,11-12,22H2,1-2H3,(H,23,27)(H,24,28)/t15?,16-,17+,18-/m1/s1.